The molecule has 1 aromatic carbocycles. The van der Waals surface area contributed by atoms with E-state index >= 15 is 0 Å². The van der Waals surface area contributed by atoms with E-state index in [-0.39, 0.29) is 0 Å². The topological polar surface area (TPSA) is 104 Å². The van der Waals surface area contributed by atoms with Gasteiger partial charge in [-0.25, -0.2) is 9.67 Å². The van der Waals surface area contributed by atoms with E-state index in [0.717, 1.165) is 36.9 Å². The molecule has 0 saturated carbocycles. The Kier molecular flexibility index (Phi) is 7.25. The average molecular weight is 408 g/mol. The van der Waals surface area contributed by atoms with Crippen LogP contribution in [0, 0.1) is 11.3 Å². The predicted octanol–water partition coefficient (Wildman–Crippen LogP) is 3.08. The molecule has 0 aliphatic carbocycles. The van der Waals surface area contributed by atoms with E-state index in [0.29, 0.717) is 24.3 Å². The summed E-state index contributed by atoms with van der Waals surface area (Å²) in [7, 11) is 0. The van der Waals surface area contributed by atoms with Crippen molar-refractivity contribution in [3.05, 3.63) is 64.0 Å². The predicted molar refractivity (Wildman–Crippen MR) is 118 cm³/mol. The third-order valence-electron chi connectivity index (χ3n) is 4.33. The molecule has 0 spiro atoms. The summed E-state index contributed by atoms with van der Waals surface area (Å²) >= 11 is 1.67. The van der Waals surface area contributed by atoms with Gasteiger partial charge in [-0.3, -0.25) is 0 Å². The molecule has 0 radical (unpaired) electrons. The Hall–Kier alpha value is -3.31. The third-order valence-corrected chi connectivity index (χ3v) is 5.07. The molecule has 8 heteroatoms. The van der Waals surface area contributed by atoms with Gasteiger partial charge in [-0.05, 0) is 54.3 Å². The molecule has 7 nitrogen and oxygen atoms in total. The number of aromatic nitrogens is 2. The number of nitriles is 1. The van der Waals surface area contributed by atoms with Crippen molar-refractivity contribution in [2.45, 2.75) is 26.3 Å². The summed E-state index contributed by atoms with van der Waals surface area (Å²) < 4.78 is 1.63. The second-order valence-corrected chi connectivity index (χ2v) is 7.20. The molecular formula is C21H25N7S. The summed E-state index contributed by atoms with van der Waals surface area (Å²) in [5.41, 5.74) is 9.38. The molecule has 0 aliphatic heterocycles. The minimum absolute atomic E-state index is 0.382. The lowest BCUT2D eigenvalue weighted by molar-refractivity contribution is 0.723. The summed E-state index contributed by atoms with van der Waals surface area (Å²) in [6.07, 6.45) is 1.46. The van der Waals surface area contributed by atoms with Crippen LogP contribution < -0.4 is 16.4 Å². The van der Waals surface area contributed by atoms with Gasteiger partial charge in [0.1, 0.15) is 17.5 Å². The minimum atomic E-state index is 0.382. The molecule has 0 saturated heterocycles. The highest BCUT2D eigenvalue weighted by molar-refractivity contribution is 7.07. The molecule has 0 fully saturated rings. The van der Waals surface area contributed by atoms with Crippen LogP contribution in [0.5, 0.6) is 0 Å². The minimum Gasteiger partial charge on any atom is -0.382 e. The van der Waals surface area contributed by atoms with Gasteiger partial charge in [0.15, 0.2) is 5.96 Å². The molecule has 2 aromatic heterocycles. The summed E-state index contributed by atoms with van der Waals surface area (Å²) in [6, 6.07) is 13.9. The zero-order chi connectivity index (χ0) is 20.5. The van der Waals surface area contributed by atoms with Gasteiger partial charge in [-0.1, -0.05) is 18.2 Å². The average Bonchev–Trinajstić information content (AvgIpc) is 3.37. The number of hydrogen-bond donors (Lipinski definition) is 3. The maximum absolute atomic E-state index is 9.51. The number of aliphatic imine (C=N–C) groups is 1. The van der Waals surface area contributed by atoms with Crippen molar-refractivity contribution in [2.24, 2.45) is 4.99 Å². The molecule has 0 bridgehead atoms. The van der Waals surface area contributed by atoms with Crippen LogP contribution in [0.4, 0.5) is 5.82 Å². The van der Waals surface area contributed by atoms with Crippen molar-refractivity contribution in [1.82, 2.24) is 20.4 Å². The largest absolute Gasteiger partial charge is 0.382 e. The molecule has 4 N–H and O–H groups in total. The van der Waals surface area contributed by atoms with Gasteiger partial charge in [-0.2, -0.15) is 21.7 Å². The van der Waals surface area contributed by atoms with Gasteiger partial charge in [0.2, 0.25) is 0 Å². The number of para-hydroxylation sites is 1. The molecule has 0 aliphatic rings. The van der Waals surface area contributed by atoms with Crippen LogP contribution in [-0.4, -0.2) is 28.8 Å². The van der Waals surface area contributed by atoms with Crippen LogP contribution in [0.3, 0.4) is 0 Å². The summed E-state index contributed by atoms with van der Waals surface area (Å²) in [5, 5.41) is 24.8. The number of anilines is 1. The quantitative estimate of drug-likeness (QED) is 0.302. The first-order valence-electron chi connectivity index (χ1n) is 9.59. The van der Waals surface area contributed by atoms with E-state index in [1.807, 2.05) is 37.3 Å². The molecule has 2 heterocycles. The molecule has 0 unspecified atom stereocenters. The Labute approximate surface area is 174 Å². The molecule has 3 rings (SSSR count). The van der Waals surface area contributed by atoms with Crippen LogP contribution >= 0.6 is 11.3 Å². The molecule has 29 heavy (non-hydrogen) atoms. The zero-order valence-corrected chi connectivity index (χ0v) is 17.2. The maximum atomic E-state index is 9.51. The Bertz CT molecular complexity index is 969. The second-order valence-electron chi connectivity index (χ2n) is 6.42. The first-order valence-corrected chi connectivity index (χ1v) is 10.5. The fourth-order valence-corrected chi connectivity index (χ4v) is 3.56. The normalized spacial score (nSPS) is 11.2. The highest BCUT2D eigenvalue weighted by Crippen LogP contribution is 2.21. The number of nitrogen functional groups attached to an aromatic ring is 1. The van der Waals surface area contributed by atoms with Gasteiger partial charge in [0.25, 0.3) is 0 Å². The van der Waals surface area contributed by atoms with Gasteiger partial charge in [0.05, 0.1) is 17.9 Å². The van der Waals surface area contributed by atoms with Crippen LogP contribution in [0.1, 0.15) is 30.2 Å². The molecule has 3 aromatic rings. The van der Waals surface area contributed by atoms with E-state index in [1.54, 1.807) is 16.0 Å². The third kappa shape index (κ3) is 5.36. The highest BCUT2D eigenvalue weighted by Gasteiger charge is 2.16. The molecule has 150 valence electrons. The Morgan fingerprint density at radius 2 is 2.10 bits per heavy atom. The monoisotopic (exact) mass is 407 g/mol. The molecule has 0 amide bonds. The standard InChI is InChI=1S/C21H25N7S/c1-2-24-21(26-14-16-10-12-29-15-16)25-11-6-9-19-18(13-22)20(23)28(27-19)17-7-4-3-5-8-17/h3-5,7-8,10,12,15H,2,6,9,11,14,23H2,1H3,(H2,24,25,26). The summed E-state index contributed by atoms with van der Waals surface area (Å²) in [5.74, 6) is 1.17. The molecular weight excluding hydrogens is 382 g/mol. The Morgan fingerprint density at radius 1 is 1.28 bits per heavy atom. The van der Waals surface area contributed by atoms with Crippen molar-refractivity contribution in [1.29, 1.82) is 5.26 Å². The number of nitrogens with two attached hydrogens (primary N) is 1. The number of guanidine groups is 1. The van der Waals surface area contributed by atoms with Crippen LogP contribution in [-0.2, 0) is 13.0 Å². The fraction of sp³-hybridized carbons (Fsp3) is 0.286. The van der Waals surface area contributed by atoms with E-state index in [4.69, 9.17) is 5.73 Å². The summed E-state index contributed by atoms with van der Waals surface area (Å²) in [4.78, 5) is 4.60. The van der Waals surface area contributed by atoms with Crippen LogP contribution in [0.2, 0.25) is 0 Å². The number of benzene rings is 1. The smallest absolute Gasteiger partial charge is 0.191 e. The number of hydrogen-bond acceptors (Lipinski definition) is 5. The Balaban J connectivity index is 1.59. The van der Waals surface area contributed by atoms with Crippen LogP contribution in [0.15, 0.2) is 52.2 Å². The SMILES string of the molecule is CCNC(=NCc1ccsc1)NCCCc1nn(-c2ccccc2)c(N)c1C#N. The summed E-state index contributed by atoms with van der Waals surface area (Å²) in [6.45, 7) is 4.21. The Morgan fingerprint density at radius 3 is 2.79 bits per heavy atom. The maximum Gasteiger partial charge on any atom is 0.191 e. The zero-order valence-electron chi connectivity index (χ0n) is 16.4. The lowest BCUT2D eigenvalue weighted by atomic mass is 10.1. The lowest BCUT2D eigenvalue weighted by Gasteiger charge is -2.10. The first-order chi connectivity index (χ1) is 14.2. The van der Waals surface area contributed by atoms with E-state index in [1.165, 1.54) is 5.56 Å². The van der Waals surface area contributed by atoms with E-state index in [2.05, 4.69) is 43.6 Å². The number of rotatable bonds is 8. The number of nitrogens with zero attached hydrogens (tertiary/aromatic N) is 4. The van der Waals surface area contributed by atoms with Crippen molar-refractivity contribution >= 4 is 23.1 Å². The molecule has 0 atom stereocenters. The van der Waals surface area contributed by atoms with Crippen LogP contribution in [0.25, 0.3) is 5.69 Å². The second kappa shape index (κ2) is 10.3. The van der Waals surface area contributed by atoms with Gasteiger partial charge in [0, 0.05) is 13.1 Å². The lowest BCUT2D eigenvalue weighted by Crippen LogP contribution is -2.37. The van der Waals surface area contributed by atoms with Gasteiger partial charge in [-0.15, -0.1) is 0 Å². The fourth-order valence-electron chi connectivity index (χ4n) is 2.90. The van der Waals surface area contributed by atoms with Crippen molar-refractivity contribution in [2.75, 3.05) is 18.8 Å². The van der Waals surface area contributed by atoms with Crippen molar-refractivity contribution < 1.29 is 0 Å². The number of nitrogens with one attached hydrogen (secondary N) is 2. The highest BCUT2D eigenvalue weighted by atomic mass is 32.1. The number of aryl methyl sites for hydroxylation is 1. The van der Waals surface area contributed by atoms with E-state index < -0.39 is 0 Å². The first kappa shape index (κ1) is 20.4. The number of thiophene rings is 1. The van der Waals surface area contributed by atoms with Gasteiger partial charge >= 0.3 is 0 Å². The van der Waals surface area contributed by atoms with Crippen molar-refractivity contribution in [3.63, 3.8) is 0 Å². The van der Waals surface area contributed by atoms with E-state index in [9.17, 15) is 5.26 Å². The van der Waals surface area contributed by atoms with Gasteiger partial charge < -0.3 is 16.4 Å². The van der Waals surface area contributed by atoms with Crippen molar-refractivity contribution in [3.8, 4) is 11.8 Å².